The summed E-state index contributed by atoms with van der Waals surface area (Å²) in [4.78, 5) is 16.7. The van der Waals surface area contributed by atoms with Gasteiger partial charge in [0.2, 0.25) is 0 Å². The molecule has 2 aliphatic heterocycles. The molecule has 2 aromatic heterocycles. The van der Waals surface area contributed by atoms with E-state index < -0.39 is 0 Å². The number of thiophene rings is 1. The zero-order valence-corrected chi connectivity index (χ0v) is 12.6. The van der Waals surface area contributed by atoms with E-state index in [9.17, 15) is 4.79 Å². The van der Waals surface area contributed by atoms with Gasteiger partial charge in [0.05, 0.1) is 18.1 Å². The molecule has 0 unspecified atom stereocenters. The molecule has 2 aromatic rings. The minimum atomic E-state index is 0.190. The molecule has 5 heteroatoms. The number of carbonyl (C=O) groups excluding carboxylic acids is 1. The number of rotatable bonds is 3. The van der Waals surface area contributed by atoms with Crippen LogP contribution in [0.3, 0.4) is 0 Å². The van der Waals surface area contributed by atoms with Crippen molar-refractivity contribution in [2.24, 2.45) is 5.41 Å². The summed E-state index contributed by atoms with van der Waals surface area (Å²) >= 11 is 1.58. The Morgan fingerprint density at radius 2 is 2.24 bits per heavy atom. The molecule has 2 fully saturated rings. The average Bonchev–Trinajstić information content (AvgIpc) is 3.18. The number of hydrogen-bond donors (Lipinski definition) is 0. The summed E-state index contributed by atoms with van der Waals surface area (Å²) in [5.41, 5.74) is 2.40. The molecule has 2 aliphatic rings. The molecule has 0 aromatic carbocycles. The van der Waals surface area contributed by atoms with E-state index >= 15 is 0 Å². The SMILES string of the molecule is O=C(c1ccsc1)N1CC2(CCN(Cc3ccoc3)C2)C1. The Bertz CT molecular complexity index is 615. The number of nitrogens with zero attached hydrogens (tertiary/aromatic N) is 2. The third-order valence-electron chi connectivity index (χ3n) is 4.61. The number of furan rings is 1. The maximum Gasteiger partial charge on any atom is 0.254 e. The van der Waals surface area contributed by atoms with Gasteiger partial charge in [-0.25, -0.2) is 0 Å². The molecule has 0 aliphatic carbocycles. The number of carbonyl (C=O) groups is 1. The van der Waals surface area contributed by atoms with Gasteiger partial charge >= 0.3 is 0 Å². The molecule has 0 bridgehead atoms. The van der Waals surface area contributed by atoms with Crippen molar-refractivity contribution in [1.29, 1.82) is 0 Å². The fourth-order valence-corrected chi connectivity index (χ4v) is 4.17. The first-order chi connectivity index (χ1) is 10.2. The van der Waals surface area contributed by atoms with E-state index in [0.717, 1.165) is 38.3 Å². The van der Waals surface area contributed by atoms with Crippen LogP contribution in [0.25, 0.3) is 0 Å². The fourth-order valence-electron chi connectivity index (χ4n) is 3.54. The van der Waals surface area contributed by atoms with Crippen molar-refractivity contribution in [3.63, 3.8) is 0 Å². The average molecular weight is 302 g/mol. The summed E-state index contributed by atoms with van der Waals surface area (Å²) in [5, 5.41) is 3.90. The van der Waals surface area contributed by atoms with Gasteiger partial charge in [-0.3, -0.25) is 9.69 Å². The van der Waals surface area contributed by atoms with E-state index in [0.29, 0.717) is 5.41 Å². The van der Waals surface area contributed by atoms with E-state index in [4.69, 9.17) is 4.42 Å². The van der Waals surface area contributed by atoms with Gasteiger partial charge in [-0.15, -0.1) is 0 Å². The maximum atomic E-state index is 12.3. The minimum Gasteiger partial charge on any atom is -0.472 e. The number of likely N-dealkylation sites (tertiary alicyclic amines) is 2. The molecule has 1 spiro atoms. The Kier molecular flexibility index (Phi) is 3.12. The molecule has 0 saturated carbocycles. The lowest BCUT2D eigenvalue weighted by Crippen LogP contribution is -2.59. The normalized spacial score (nSPS) is 20.9. The first kappa shape index (κ1) is 13.1. The van der Waals surface area contributed by atoms with Crippen molar-refractivity contribution in [3.8, 4) is 0 Å². The second-order valence-electron chi connectivity index (χ2n) is 6.27. The molecular weight excluding hydrogens is 284 g/mol. The summed E-state index contributed by atoms with van der Waals surface area (Å²) in [6.45, 7) is 4.97. The summed E-state index contributed by atoms with van der Waals surface area (Å²) in [5.74, 6) is 0.190. The van der Waals surface area contributed by atoms with Crippen LogP contribution in [0.4, 0.5) is 0 Å². The van der Waals surface area contributed by atoms with Gasteiger partial charge in [0.1, 0.15) is 0 Å². The zero-order chi connectivity index (χ0) is 14.3. The fraction of sp³-hybridized carbons (Fsp3) is 0.438. The van der Waals surface area contributed by atoms with Crippen molar-refractivity contribution >= 4 is 17.2 Å². The van der Waals surface area contributed by atoms with E-state index in [1.165, 1.54) is 12.0 Å². The molecule has 4 heterocycles. The Morgan fingerprint density at radius 1 is 1.33 bits per heavy atom. The highest BCUT2D eigenvalue weighted by Gasteiger charge is 2.49. The van der Waals surface area contributed by atoms with E-state index in [2.05, 4.69) is 4.90 Å². The van der Waals surface area contributed by atoms with Crippen LogP contribution >= 0.6 is 11.3 Å². The molecule has 4 rings (SSSR count). The molecule has 1 amide bonds. The summed E-state index contributed by atoms with van der Waals surface area (Å²) in [6, 6.07) is 3.94. The van der Waals surface area contributed by atoms with Crippen molar-refractivity contribution in [2.75, 3.05) is 26.2 Å². The predicted octanol–water partition coefficient (Wildman–Crippen LogP) is 2.69. The van der Waals surface area contributed by atoms with Crippen LogP contribution in [0, 0.1) is 5.41 Å². The number of amides is 1. The predicted molar refractivity (Wildman–Crippen MR) is 81.3 cm³/mol. The van der Waals surface area contributed by atoms with E-state index in [-0.39, 0.29) is 5.91 Å². The Labute approximate surface area is 128 Å². The number of hydrogen-bond acceptors (Lipinski definition) is 4. The molecule has 0 atom stereocenters. The van der Waals surface area contributed by atoms with Gasteiger partial charge < -0.3 is 9.32 Å². The van der Waals surface area contributed by atoms with Gasteiger partial charge in [-0.05, 0) is 30.5 Å². The maximum absolute atomic E-state index is 12.3. The lowest BCUT2D eigenvalue weighted by atomic mass is 9.79. The Balaban J connectivity index is 1.34. The van der Waals surface area contributed by atoms with Gasteiger partial charge in [0, 0.05) is 42.5 Å². The third kappa shape index (κ3) is 2.40. The van der Waals surface area contributed by atoms with Crippen LogP contribution in [0.1, 0.15) is 22.3 Å². The molecule has 4 nitrogen and oxygen atoms in total. The zero-order valence-electron chi connectivity index (χ0n) is 11.8. The van der Waals surface area contributed by atoms with Crippen LogP contribution < -0.4 is 0 Å². The summed E-state index contributed by atoms with van der Waals surface area (Å²) in [6.07, 6.45) is 4.74. The lowest BCUT2D eigenvalue weighted by Gasteiger charge is -2.48. The second-order valence-corrected chi connectivity index (χ2v) is 7.05. The first-order valence-corrected chi connectivity index (χ1v) is 8.23. The van der Waals surface area contributed by atoms with Crippen molar-refractivity contribution < 1.29 is 9.21 Å². The minimum absolute atomic E-state index is 0.190. The van der Waals surface area contributed by atoms with E-state index in [1.807, 2.05) is 34.1 Å². The van der Waals surface area contributed by atoms with E-state index in [1.54, 1.807) is 17.6 Å². The second kappa shape index (κ2) is 5.00. The quantitative estimate of drug-likeness (QED) is 0.874. The largest absolute Gasteiger partial charge is 0.472 e. The Hall–Kier alpha value is -1.59. The van der Waals surface area contributed by atoms with Crippen LogP contribution in [0.15, 0.2) is 39.8 Å². The smallest absolute Gasteiger partial charge is 0.254 e. The molecular formula is C16H18N2O2S. The van der Waals surface area contributed by atoms with Crippen molar-refractivity contribution in [2.45, 2.75) is 13.0 Å². The van der Waals surface area contributed by atoms with Crippen LogP contribution in [-0.2, 0) is 6.54 Å². The monoisotopic (exact) mass is 302 g/mol. The topological polar surface area (TPSA) is 36.7 Å². The van der Waals surface area contributed by atoms with Gasteiger partial charge in [-0.2, -0.15) is 11.3 Å². The highest BCUT2D eigenvalue weighted by atomic mass is 32.1. The standard InChI is InChI=1S/C16H18N2O2S/c19-15(14-2-6-21-9-14)18-11-16(12-18)3-4-17(10-16)7-13-1-5-20-8-13/h1-2,5-6,8-9H,3-4,7,10-12H2. The highest BCUT2D eigenvalue weighted by molar-refractivity contribution is 7.08. The van der Waals surface area contributed by atoms with Crippen LogP contribution in [0.5, 0.6) is 0 Å². The molecule has 0 N–H and O–H groups in total. The first-order valence-electron chi connectivity index (χ1n) is 7.29. The van der Waals surface area contributed by atoms with Gasteiger partial charge in [0.25, 0.3) is 5.91 Å². The molecule has 21 heavy (non-hydrogen) atoms. The van der Waals surface area contributed by atoms with Crippen LogP contribution in [0.2, 0.25) is 0 Å². The molecule has 2 saturated heterocycles. The third-order valence-corrected chi connectivity index (χ3v) is 5.29. The molecule has 0 radical (unpaired) electrons. The lowest BCUT2D eigenvalue weighted by molar-refractivity contribution is 0.0104. The summed E-state index contributed by atoms with van der Waals surface area (Å²) < 4.78 is 5.13. The van der Waals surface area contributed by atoms with Gasteiger partial charge in [-0.1, -0.05) is 0 Å². The van der Waals surface area contributed by atoms with Crippen molar-refractivity contribution in [3.05, 3.63) is 46.5 Å². The summed E-state index contributed by atoms with van der Waals surface area (Å²) in [7, 11) is 0. The highest BCUT2D eigenvalue weighted by Crippen LogP contribution is 2.40. The Morgan fingerprint density at radius 3 is 2.95 bits per heavy atom. The van der Waals surface area contributed by atoms with Crippen molar-refractivity contribution in [1.82, 2.24) is 9.80 Å². The van der Waals surface area contributed by atoms with Gasteiger partial charge in [0.15, 0.2) is 0 Å². The molecule has 110 valence electrons. The van der Waals surface area contributed by atoms with Crippen LogP contribution in [-0.4, -0.2) is 41.9 Å².